The lowest BCUT2D eigenvalue weighted by Crippen LogP contribution is -2.43. The largest absolute Gasteiger partial charge is 0.353 e. The van der Waals surface area contributed by atoms with Crippen LogP contribution >= 0.6 is 0 Å². The van der Waals surface area contributed by atoms with E-state index in [1.54, 1.807) is 0 Å². The van der Waals surface area contributed by atoms with Crippen molar-refractivity contribution in [3.05, 3.63) is 0 Å². The number of hydrogen-bond acceptors (Lipinski definition) is 2. The zero-order valence-electron chi connectivity index (χ0n) is 8.60. The molecule has 0 spiro atoms. The van der Waals surface area contributed by atoms with E-state index in [4.69, 9.17) is 0 Å². The molecule has 3 heteroatoms. The Bertz CT molecular complexity index is 164. The molecule has 1 heterocycles. The highest BCUT2D eigenvalue weighted by Crippen LogP contribution is 2.10. The third kappa shape index (κ3) is 3.35. The lowest BCUT2D eigenvalue weighted by atomic mass is 9.98. The summed E-state index contributed by atoms with van der Waals surface area (Å²) in [6.45, 7) is 6.05. The van der Waals surface area contributed by atoms with Crippen LogP contribution in [0.25, 0.3) is 0 Å². The molecule has 2 N–H and O–H groups in total. The third-order valence-electron chi connectivity index (χ3n) is 2.67. The summed E-state index contributed by atoms with van der Waals surface area (Å²) >= 11 is 0. The Labute approximate surface area is 80.3 Å². The minimum absolute atomic E-state index is 0.197. The first-order chi connectivity index (χ1) is 6.24. The maximum Gasteiger partial charge on any atom is 0.224 e. The van der Waals surface area contributed by atoms with Gasteiger partial charge in [0, 0.05) is 12.6 Å². The van der Waals surface area contributed by atoms with Gasteiger partial charge < -0.3 is 10.6 Å². The number of piperidine rings is 1. The van der Waals surface area contributed by atoms with Crippen LogP contribution in [-0.2, 0) is 4.79 Å². The van der Waals surface area contributed by atoms with Crippen molar-refractivity contribution in [3.8, 4) is 0 Å². The van der Waals surface area contributed by atoms with Crippen LogP contribution in [0.4, 0.5) is 0 Å². The molecule has 0 radical (unpaired) electrons. The Morgan fingerprint density at radius 3 is 3.00 bits per heavy atom. The Balaban J connectivity index is 2.29. The predicted molar refractivity (Wildman–Crippen MR) is 53.5 cm³/mol. The van der Waals surface area contributed by atoms with Crippen LogP contribution < -0.4 is 10.6 Å². The van der Waals surface area contributed by atoms with Gasteiger partial charge in [-0.3, -0.25) is 4.79 Å². The number of carbonyl (C=O) groups excluding carboxylic acids is 1. The van der Waals surface area contributed by atoms with Gasteiger partial charge in [0.05, 0.1) is 5.92 Å². The molecule has 2 atom stereocenters. The van der Waals surface area contributed by atoms with E-state index < -0.39 is 0 Å². The van der Waals surface area contributed by atoms with Gasteiger partial charge in [-0.05, 0) is 32.7 Å². The van der Waals surface area contributed by atoms with Crippen molar-refractivity contribution in [2.45, 2.75) is 39.2 Å². The second-order valence-corrected chi connectivity index (χ2v) is 3.86. The van der Waals surface area contributed by atoms with E-state index in [0.29, 0.717) is 6.04 Å². The van der Waals surface area contributed by atoms with Gasteiger partial charge in [-0.25, -0.2) is 0 Å². The Kier molecular flexibility index (Phi) is 4.22. The lowest BCUT2D eigenvalue weighted by Gasteiger charge is -2.23. The van der Waals surface area contributed by atoms with E-state index >= 15 is 0 Å². The van der Waals surface area contributed by atoms with Crippen LogP contribution in [-0.4, -0.2) is 25.0 Å². The minimum Gasteiger partial charge on any atom is -0.353 e. The standard InChI is InChI=1S/C10H20N2O/c1-3-8(2)12-10(13)9-5-4-6-11-7-9/h8-9,11H,3-7H2,1-2H3,(H,12,13)/t8-,9-/m0/s1. The smallest absolute Gasteiger partial charge is 0.224 e. The van der Waals surface area contributed by atoms with Gasteiger partial charge in [-0.1, -0.05) is 6.92 Å². The van der Waals surface area contributed by atoms with E-state index in [1.165, 1.54) is 0 Å². The fourth-order valence-corrected chi connectivity index (χ4v) is 1.54. The SMILES string of the molecule is CC[C@H](C)NC(=O)[C@H]1CCCNC1. The molecule has 0 aliphatic carbocycles. The first-order valence-corrected chi connectivity index (χ1v) is 5.25. The number of nitrogens with one attached hydrogen (secondary N) is 2. The van der Waals surface area contributed by atoms with E-state index in [0.717, 1.165) is 32.4 Å². The van der Waals surface area contributed by atoms with Crippen LogP contribution in [0.3, 0.4) is 0 Å². The molecule has 1 saturated heterocycles. The van der Waals surface area contributed by atoms with Crippen LogP contribution in [0.15, 0.2) is 0 Å². The van der Waals surface area contributed by atoms with E-state index in [1.807, 2.05) is 6.92 Å². The van der Waals surface area contributed by atoms with Gasteiger partial charge >= 0.3 is 0 Å². The minimum atomic E-state index is 0.197. The number of rotatable bonds is 3. The fraction of sp³-hybridized carbons (Fsp3) is 0.900. The van der Waals surface area contributed by atoms with E-state index in [2.05, 4.69) is 17.6 Å². The van der Waals surface area contributed by atoms with Crippen LogP contribution in [0, 0.1) is 5.92 Å². The van der Waals surface area contributed by atoms with Crippen molar-refractivity contribution >= 4 is 5.91 Å². The maximum atomic E-state index is 11.6. The van der Waals surface area contributed by atoms with Gasteiger partial charge in [-0.15, -0.1) is 0 Å². The van der Waals surface area contributed by atoms with Crippen molar-refractivity contribution in [2.24, 2.45) is 5.92 Å². The highest BCUT2D eigenvalue weighted by Gasteiger charge is 2.21. The van der Waals surface area contributed by atoms with Crippen LogP contribution in [0.2, 0.25) is 0 Å². The Hall–Kier alpha value is -0.570. The zero-order chi connectivity index (χ0) is 9.68. The summed E-state index contributed by atoms with van der Waals surface area (Å²) < 4.78 is 0. The Morgan fingerprint density at radius 1 is 1.69 bits per heavy atom. The average molecular weight is 184 g/mol. The van der Waals surface area contributed by atoms with Gasteiger partial charge in [-0.2, -0.15) is 0 Å². The number of amides is 1. The van der Waals surface area contributed by atoms with Gasteiger partial charge in [0.1, 0.15) is 0 Å². The van der Waals surface area contributed by atoms with Gasteiger partial charge in [0.25, 0.3) is 0 Å². The predicted octanol–water partition coefficient (Wildman–Crippen LogP) is 0.901. The van der Waals surface area contributed by atoms with Crippen molar-refractivity contribution in [3.63, 3.8) is 0 Å². The van der Waals surface area contributed by atoms with Gasteiger partial charge in [0.2, 0.25) is 5.91 Å². The molecule has 0 bridgehead atoms. The van der Waals surface area contributed by atoms with E-state index in [9.17, 15) is 4.79 Å². The normalized spacial score (nSPS) is 25.2. The molecule has 1 aliphatic rings. The monoisotopic (exact) mass is 184 g/mol. The number of hydrogen-bond donors (Lipinski definition) is 2. The molecule has 1 rings (SSSR count). The molecular formula is C10H20N2O. The summed E-state index contributed by atoms with van der Waals surface area (Å²) in [7, 11) is 0. The molecule has 76 valence electrons. The molecule has 1 fully saturated rings. The molecule has 0 saturated carbocycles. The summed E-state index contributed by atoms with van der Waals surface area (Å²) in [5, 5.41) is 6.27. The second-order valence-electron chi connectivity index (χ2n) is 3.86. The molecule has 0 aromatic heterocycles. The lowest BCUT2D eigenvalue weighted by molar-refractivity contribution is -0.126. The van der Waals surface area contributed by atoms with Gasteiger partial charge in [0.15, 0.2) is 0 Å². The highest BCUT2D eigenvalue weighted by molar-refractivity contribution is 5.79. The molecule has 0 aromatic rings. The summed E-state index contributed by atoms with van der Waals surface area (Å²) in [5.74, 6) is 0.421. The van der Waals surface area contributed by atoms with E-state index in [-0.39, 0.29) is 11.8 Å². The molecular weight excluding hydrogens is 164 g/mol. The molecule has 13 heavy (non-hydrogen) atoms. The van der Waals surface area contributed by atoms with Crippen molar-refractivity contribution in [2.75, 3.05) is 13.1 Å². The molecule has 1 aliphatic heterocycles. The van der Waals surface area contributed by atoms with Crippen molar-refractivity contribution < 1.29 is 4.79 Å². The molecule has 3 nitrogen and oxygen atoms in total. The fourth-order valence-electron chi connectivity index (χ4n) is 1.54. The number of carbonyl (C=O) groups is 1. The first-order valence-electron chi connectivity index (χ1n) is 5.25. The topological polar surface area (TPSA) is 41.1 Å². The maximum absolute atomic E-state index is 11.6. The van der Waals surface area contributed by atoms with Crippen molar-refractivity contribution in [1.82, 2.24) is 10.6 Å². The first kappa shape index (κ1) is 10.5. The average Bonchev–Trinajstić information content (AvgIpc) is 2.19. The summed E-state index contributed by atoms with van der Waals surface area (Å²) in [5.41, 5.74) is 0. The molecule has 1 amide bonds. The summed E-state index contributed by atoms with van der Waals surface area (Å²) in [4.78, 5) is 11.6. The molecule has 0 unspecified atom stereocenters. The second kappa shape index (κ2) is 5.22. The molecule has 0 aromatic carbocycles. The summed E-state index contributed by atoms with van der Waals surface area (Å²) in [6, 6.07) is 0.314. The Morgan fingerprint density at radius 2 is 2.46 bits per heavy atom. The van der Waals surface area contributed by atoms with Crippen LogP contribution in [0.1, 0.15) is 33.1 Å². The summed E-state index contributed by atoms with van der Waals surface area (Å²) in [6.07, 6.45) is 3.17. The zero-order valence-corrected chi connectivity index (χ0v) is 8.60. The highest BCUT2D eigenvalue weighted by atomic mass is 16.1. The quantitative estimate of drug-likeness (QED) is 0.684. The van der Waals surface area contributed by atoms with Crippen LogP contribution in [0.5, 0.6) is 0 Å². The van der Waals surface area contributed by atoms with Crippen molar-refractivity contribution in [1.29, 1.82) is 0 Å². The third-order valence-corrected chi connectivity index (χ3v) is 2.67.